The van der Waals surface area contributed by atoms with Crippen LogP contribution in [0.3, 0.4) is 0 Å². The fourth-order valence-corrected chi connectivity index (χ4v) is 2.58. The Balaban J connectivity index is 1.75. The second-order valence-electron chi connectivity index (χ2n) is 6.08. The van der Waals surface area contributed by atoms with Gasteiger partial charge in [-0.25, -0.2) is 0 Å². The number of amides is 1. The van der Waals surface area contributed by atoms with E-state index >= 15 is 0 Å². The number of nitriles is 1. The molecule has 0 unspecified atom stereocenters. The van der Waals surface area contributed by atoms with Crippen molar-refractivity contribution in [2.45, 2.75) is 12.8 Å². The quantitative estimate of drug-likeness (QED) is 0.377. The average Bonchev–Trinajstić information content (AvgIpc) is 2.74. The molecule has 0 heterocycles. The molecule has 0 saturated heterocycles. The van der Waals surface area contributed by atoms with E-state index in [0.29, 0.717) is 19.5 Å². The molecule has 0 aliphatic carbocycles. The van der Waals surface area contributed by atoms with Crippen LogP contribution in [0.1, 0.15) is 11.1 Å². The first-order valence-electron chi connectivity index (χ1n) is 9.04. The van der Waals surface area contributed by atoms with E-state index in [0.717, 1.165) is 29.0 Å². The van der Waals surface area contributed by atoms with E-state index in [1.54, 1.807) is 14.2 Å². The zero-order valence-corrected chi connectivity index (χ0v) is 16.2. The molecule has 6 heteroatoms. The summed E-state index contributed by atoms with van der Waals surface area (Å²) in [6.45, 7) is 1.06. The van der Waals surface area contributed by atoms with Crippen LogP contribution in [0.15, 0.2) is 60.3 Å². The van der Waals surface area contributed by atoms with Crippen LogP contribution in [-0.2, 0) is 17.6 Å². The molecule has 6 nitrogen and oxygen atoms in total. The van der Waals surface area contributed by atoms with Crippen molar-refractivity contribution in [1.29, 1.82) is 5.26 Å². The van der Waals surface area contributed by atoms with Crippen molar-refractivity contribution in [3.63, 3.8) is 0 Å². The lowest BCUT2D eigenvalue weighted by Gasteiger charge is -2.07. The van der Waals surface area contributed by atoms with Crippen molar-refractivity contribution in [2.75, 3.05) is 27.3 Å². The minimum atomic E-state index is -0.384. The van der Waals surface area contributed by atoms with Gasteiger partial charge in [-0.05, 0) is 48.2 Å². The first kappa shape index (κ1) is 20.8. The third-order valence-corrected chi connectivity index (χ3v) is 4.16. The summed E-state index contributed by atoms with van der Waals surface area (Å²) >= 11 is 0. The van der Waals surface area contributed by atoms with Crippen LogP contribution >= 0.6 is 0 Å². The van der Waals surface area contributed by atoms with E-state index in [1.165, 1.54) is 6.20 Å². The highest BCUT2D eigenvalue weighted by Crippen LogP contribution is 2.13. The summed E-state index contributed by atoms with van der Waals surface area (Å²) in [4.78, 5) is 12.1. The fourth-order valence-electron chi connectivity index (χ4n) is 2.58. The molecular formula is C22H25N3O3. The maximum atomic E-state index is 12.1. The summed E-state index contributed by atoms with van der Waals surface area (Å²) in [5, 5.41) is 15.0. The number of carbonyl (C=O) groups excluding carboxylic acids is 1. The van der Waals surface area contributed by atoms with Crippen LogP contribution in [0.4, 0.5) is 0 Å². The van der Waals surface area contributed by atoms with Gasteiger partial charge in [-0.2, -0.15) is 5.26 Å². The van der Waals surface area contributed by atoms with Gasteiger partial charge >= 0.3 is 0 Å². The third-order valence-electron chi connectivity index (χ3n) is 4.16. The Bertz CT molecular complexity index is 839. The van der Waals surface area contributed by atoms with Gasteiger partial charge in [-0.15, -0.1) is 0 Å². The lowest BCUT2D eigenvalue weighted by molar-refractivity contribution is -0.117. The molecule has 0 aromatic heterocycles. The molecule has 28 heavy (non-hydrogen) atoms. The molecule has 0 atom stereocenters. The SMILES string of the molecule is COc1ccc(CCNC(=O)/C(C#N)=C\NCCc2cccc(OC)c2)cc1. The highest BCUT2D eigenvalue weighted by molar-refractivity contribution is 5.97. The standard InChI is InChI=1S/C22H25N3O3/c1-27-20-8-6-17(7-9-20)11-13-25-22(26)19(15-23)16-24-12-10-18-4-3-5-21(14-18)28-2/h3-9,14,16,24H,10-13H2,1-2H3,(H,25,26)/b19-16-. The van der Waals surface area contributed by atoms with Crippen molar-refractivity contribution in [3.05, 3.63) is 71.4 Å². The molecule has 0 radical (unpaired) electrons. The van der Waals surface area contributed by atoms with Gasteiger partial charge in [0.2, 0.25) is 0 Å². The molecule has 0 saturated carbocycles. The monoisotopic (exact) mass is 379 g/mol. The number of hydrogen-bond donors (Lipinski definition) is 2. The Morgan fingerprint density at radius 3 is 2.39 bits per heavy atom. The van der Waals surface area contributed by atoms with Gasteiger partial charge in [0.25, 0.3) is 5.91 Å². The molecular weight excluding hydrogens is 354 g/mol. The Morgan fingerprint density at radius 2 is 1.71 bits per heavy atom. The average molecular weight is 379 g/mol. The summed E-state index contributed by atoms with van der Waals surface area (Å²) in [6, 6.07) is 17.4. The number of ether oxygens (including phenoxy) is 2. The predicted molar refractivity (Wildman–Crippen MR) is 108 cm³/mol. The zero-order valence-electron chi connectivity index (χ0n) is 16.2. The first-order valence-corrected chi connectivity index (χ1v) is 9.04. The van der Waals surface area contributed by atoms with E-state index in [2.05, 4.69) is 10.6 Å². The topological polar surface area (TPSA) is 83.4 Å². The van der Waals surface area contributed by atoms with E-state index in [1.807, 2.05) is 54.6 Å². The second-order valence-corrected chi connectivity index (χ2v) is 6.08. The number of nitrogens with one attached hydrogen (secondary N) is 2. The Labute approximate surface area is 165 Å². The summed E-state index contributed by atoms with van der Waals surface area (Å²) < 4.78 is 10.3. The highest BCUT2D eigenvalue weighted by Gasteiger charge is 2.08. The van der Waals surface area contributed by atoms with Gasteiger partial charge in [0.1, 0.15) is 23.1 Å². The van der Waals surface area contributed by atoms with E-state index in [4.69, 9.17) is 9.47 Å². The summed E-state index contributed by atoms with van der Waals surface area (Å²) in [7, 11) is 3.25. The second kappa shape index (κ2) is 11.3. The Kier molecular flexibility index (Phi) is 8.41. The first-order chi connectivity index (χ1) is 13.7. The molecule has 146 valence electrons. The molecule has 0 aliphatic rings. The van der Waals surface area contributed by atoms with E-state index < -0.39 is 0 Å². The predicted octanol–water partition coefficient (Wildman–Crippen LogP) is 2.60. The number of carbonyl (C=O) groups is 1. The van der Waals surface area contributed by atoms with E-state index in [-0.39, 0.29) is 11.5 Å². The van der Waals surface area contributed by atoms with Crippen LogP contribution in [0.5, 0.6) is 11.5 Å². The number of rotatable bonds is 10. The van der Waals surface area contributed by atoms with Gasteiger partial charge in [0.05, 0.1) is 14.2 Å². The smallest absolute Gasteiger partial charge is 0.263 e. The molecule has 0 bridgehead atoms. The number of benzene rings is 2. The maximum absolute atomic E-state index is 12.1. The van der Waals surface area contributed by atoms with E-state index in [9.17, 15) is 10.1 Å². The van der Waals surface area contributed by atoms with Crippen LogP contribution < -0.4 is 20.1 Å². The summed E-state index contributed by atoms with van der Waals surface area (Å²) in [5.41, 5.74) is 2.25. The van der Waals surface area contributed by atoms with Crippen LogP contribution in [-0.4, -0.2) is 33.2 Å². The van der Waals surface area contributed by atoms with Gasteiger partial charge in [0, 0.05) is 19.3 Å². The van der Waals surface area contributed by atoms with Crippen molar-refractivity contribution in [1.82, 2.24) is 10.6 Å². The molecule has 2 aromatic carbocycles. The fraction of sp³-hybridized carbons (Fsp3) is 0.273. The molecule has 0 aliphatic heterocycles. The number of nitrogens with zero attached hydrogens (tertiary/aromatic N) is 1. The van der Waals surface area contributed by atoms with Gasteiger partial charge in [-0.1, -0.05) is 24.3 Å². The van der Waals surface area contributed by atoms with Gasteiger partial charge in [0.15, 0.2) is 0 Å². The molecule has 2 N–H and O–H groups in total. The van der Waals surface area contributed by atoms with Crippen LogP contribution in [0.25, 0.3) is 0 Å². The van der Waals surface area contributed by atoms with Crippen LogP contribution in [0, 0.1) is 11.3 Å². The Hall–Kier alpha value is -3.46. The maximum Gasteiger partial charge on any atom is 0.263 e. The van der Waals surface area contributed by atoms with Crippen molar-refractivity contribution in [3.8, 4) is 17.6 Å². The molecule has 2 rings (SSSR count). The minimum absolute atomic E-state index is 0.0559. The van der Waals surface area contributed by atoms with Gasteiger partial charge in [-0.3, -0.25) is 4.79 Å². The molecule has 0 spiro atoms. The highest BCUT2D eigenvalue weighted by atomic mass is 16.5. The molecule has 0 fully saturated rings. The molecule has 2 aromatic rings. The lowest BCUT2D eigenvalue weighted by atomic mass is 10.1. The molecule has 1 amide bonds. The summed E-state index contributed by atoms with van der Waals surface area (Å²) in [5.74, 6) is 1.22. The third kappa shape index (κ3) is 6.69. The Morgan fingerprint density at radius 1 is 1.00 bits per heavy atom. The zero-order chi connectivity index (χ0) is 20.2. The normalized spacial score (nSPS) is 10.7. The summed E-state index contributed by atoms with van der Waals surface area (Å²) in [6.07, 6.45) is 2.89. The van der Waals surface area contributed by atoms with Gasteiger partial charge < -0.3 is 20.1 Å². The van der Waals surface area contributed by atoms with Crippen LogP contribution in [0.2, 0.25) is 0 Å². The number of hydrogen-bond acceptors (Lipinski definition) is 5. The largest absolute Gasteiger partial charge is 0.497 e. The lowest BCUT2D eigenvalue weighted by Crippen LogP contribution is -2.28. The van der Waals surface area contributed by atoms with Crippen molar-refractivity contribution < 1.29 is 14.3 Å². The van der Waals surface area contributed by atoms with Crippen molar-refractivity contribution in [2.24, 2.45) is 0 Å². The number of methoxy groups -OCH3 is 2. The minimum Gasteiger partial charge on any atom is -0.497 e. The van der Waals surface area contributed by atoms with Crippen molar-refractivity contribution >= 4 is 5.91 Å².